The molecule has 1 aromatic heterocycles. The minimum atomic E-state index is 0.113. The summed E-state index contributed by atoms with van der Waals surface area (Å²) < 4.78 is 0. The Balaban J connectivity index is 2.47. The zero-order chi connectivity index (χ0) is 11.3. The van der Waals surface area contributed by atoms with Gasteiger partial charge in [0, 0.05) is 24.2 Å². The number of pyridine rings is 1. The standard InChI is InChI=1S/C12H20N2S/c1-9(2)7-15-8-12(13)11-6-14-5-4-10(11)3/h4-6,9,12H,7-8,13H2,1-3H3. The van der Waals surface area contributed by atoms with Crippen molar-refractivity contribution in [2.75, 3.05) is 11.5 Å². The first kappa shape index (κ1) is 12.5. The van der Waals surface area contributed by atoms with Gasteiger partial charge in [-0.05, 0) is 35.8 Å². The van der Waals surface area contributed by atoms with Crippen molar-refractivity contribution in [3.8, 4) is 0 Å². The fraction of sp³-hybridized carbons (Fsp3) is 0.583. The highest BCUT2D eigenvalue weighted by Gasteiger charge is 2.09. The smallest absolute Gasteiger partial charge is 0.0404 e. The maximum absolute atomic E-state index is 6.12. The lowest BCUT2D eigenvalue weighted by molar-refractivity contribution is 0.745. The molecule has 15 heavy (non-hydrogen) atoms. The molecule has 1 rings (SSSR count). The predicted molar refractivity (Wildman–Crippen MR) is 68.1 cm³/mol. The van der Waals surface area contributed by atoms with Gasteiger partial charge < -0.3 is 5.73 Å². The minimum Gasteiger partial charge on any atom is -0.323 e. The molecule has 84 valence electrons. The number of hydrogen-bond acceptors (Lipinski definition) is 3. The number of nitrogens with two attached hydrogens (primary N) is 1. The van der Waals surface area contributed by atoms with Crippen molar-refractivity contribution in [1.82, 2.24) is 4.98 Å². The van der Waals surface area contributed by atoms with Crippen molar-refractivity contribution >= 4 is 11.8 Å². The van der Waals surface area contributed by atoms with E-state index in [1.807, 2.05) is 30.2 Å². The van der Waals surface area contributed by atoms with Crippen LogP contribution in [-0.4, -0.2) is 16.5 Å². The maximum Gasteiger partial charge on any atom is 0.0404 e. The van der Waals surface area contributed by atoms with Gasteiger partial charge >= 0.3 is 0 Å². The van der Waals surface area contributed by atoms with Crippen molar-refractivity contribution < 1.29 is 0 Å². The van der Waals surface area contributed by atoms with E-state index in [1.165, 1.54) is 16.9 Å². The lowest BCUT2D eigenvalue weighted by Gasteiger charge is -2.14. The summed E-state index contributed by atoms with van der Waals surface area (Å²) in [7, 11) is 0. The topological polar surface area (TPSA) is 38.9 Å². The second-order valence-corrected chi connectivity index (χ2v) is 5.34. The highest BCUT2D eigenvalue weighted by molar-refractivity contribution is 7.99. The number of thioether (sulfide) groups is 1. The van der Waals surface area contributed by atoms with Gasteiger partial charge in [-0.3, -0.25) is 4.98 Å². The van der Waals surface area contributed by atoms with Crippen LogP contribution < -0.4 is 5.73 Å². The maximum atomic E-state index is 6.12. The molecule has 1 unspecified atom stereocenters. The summed E-state index contributed by atoms with van der Waals surface area (Å²) >= 11 is 1.92. The Labute approximate surface area is 96.7 Å². The molecule has 0 aromatic carbocycles. The van der Waals surface area contributed by atoms with Crippen LogP contribution in [0.1, 0.15) is 31.0 Å². The molecular weight excluding hydrogens is 204 g/mol. The second-order valence-electron chi connectivity index (χ2n) is 4.27. The molecule has 0 saturated heterocycles. The quantitative estimate of drug-likeness (QED) is 0.836. The van der Waals surface area contributed by atoms with E-state index in [2.05, 4.69) is 25.8 Å². The van der Waals surface area contributed by atoms with E-state index in [9.17, 15) is 0 Å². The molecule has 0 aliphatic heterocycles. The van der Waals surface area contributed by atoms with Crippen LogP contribution in [0.15, 0.2) is 18.5 Å². The van der Waals surface area contributed by atoms with E-state index in [0.717, 1.165) is 11.7 Å². The van der Waals surface area contributed by atoms with Crippen LogP contribution >= 0.6 is 11.8 Å². The molecule has 2 nitrogen and oxygen atoms in total. The number of aromatic nitrogens is 1. The summed E-state index contributed by atoms with van der Waals surface area (Å²) in [5.74, 6) is 2.88. The number of hydrogen-bond donors (Lipinski definition) is 1. The second kappa shape index (κ2) is 6.13. The van der Waals surface area contributed by atoms with Gasteiger partial charge in [-0.15, -0.1) is 0 Å². The fourth-order valence-corrected chi connectivity index (χ4v) is 2.43. The van der Waals surface area contributed by atoms with Gasteiger partial charge in [-0.1, -0.05) is 13.8 Å². The predicted octanol–water partition coefficient (Wildman–Crippen LogP) is 2.78. The molecule has 0 fully saturated rings. The minimum absolute atomic E-state index is 0.113. The molecule has 1 atom stereocenters. The van der Waals surface area contributed by atoms with Crippen molar-refractivity contribution in [2.45, 2.75) is 26.8 Å². The summed E-state index contributed by atoms with van der Waals surface area (Å²) in [6.07, 6.45) is 3.70. The Morgan fingerprint density at radius 2 is 2.13 bits per heavy atom. The molecule has 0 saturated carbocycles. The summed E-state index contributed by atoms with van der Waals surface area (Å²) in [4.78, 5) is 4.12. The molecule has 0 amide bonds. The van der Waals surface area contributed by atoms with Crippen LogP contribution in [-0.2, 0) is 0 Å². The van der Waals surface area contributed by atoms with E-state index in [-0.39, 0.29) is 6.04 Å². The molecule has 3 heteroatoms. The van der Waals surface area contributed by atoms with Crippen LogP contribution in [0.2, 0.25) is 0 Å². The third kappa shape index (κ3) is 4.22. The van der Waals surface area contributed by atoms with E-state index in [0.29, 0.717) is 0 Å². The monoisotopic (exact) mass is 224 g/mol. The first-order valence-corrected chi connectivity index (χ1v) is 6.50. The van der Waals surface area contributed by atoms with Gasteiger partial charge in [-0.2, -0.15) is 11.8 Å². The molecule has 0 aliphatic carbocycles. The third-order valence-corrected chi connectivity index (χ3v) is 3.72. The number of nitrogens with zero attached hydrogens (tertiary/aromatic N) is 1. The van der Waals surface area contributed by atoms with Crippen LogP contribution in [0.3, 0.4) is 0 Å². The van der Waals surface area contributed by atoms with Gasteiger partial charge in [0.05, 0.1) is 0 Å². The zero-order valence-electron chi connectivity index (χ0n) is 9.73. The van der Waals surface area contributed by atoms with Crippen molar-refractivity contribution in [1.29, 1.82) is 0 Å². The molecule has 1 heterocycles. The Morgan fingerprint density at radius 3 is 2.73 bits per heavy atom. The van der Waals surface area contributed by atoms with Gasteiger partial charge in [0.25, 0.3) is 0 Å². The van der Waals surface area contributed by atoms with Crippen molar-refractivity contribution in [2.24, 2.45) is 11.7 Å². The Kier molecular flexibility index (Phi) is 5.12. The molecule has 0 radical (unpaired) electrons. The molecule has 1 aromatic rings. The Hall–Kier alpha value is -0.540. The van der Waals surface area contributed by atoms with Gasteiger partial charge in [0.1, 0.15) is 0 Å². The lowest BCUT2D eigenvalue weighted by Crippen LogP contribution is -2.15. The zero-order valence-corrected chi connectivity index (χ0v) is 10.6. The average Bonchev–Trinajstić information content (AvgIpc) is 2.17. The molecule has 0 spiro atoms. The number of rotatable bonds is 5. The van der Waals surface area contributed by atoms with Crippen LogP contribution in [0.25, 0.3) is 0 Å². The normalized spacial score (nSPS) is 13.1. The summed E-state index contributed by atoms with van der Waals surface area (Å²) in [6.45, 7) is 6.55. The molecule has 0 bridgehead atoms. The fourth-order valence-electron chi connectivity index (χ4n) is 1.38. The Bertz CT molecular complexity index is 299. The third-order valence-electron chi connectivity index (χ3n) is 2.23. The first-order valence-electron chi connectivity index (χ1n) is 5.35. The van der Waals surface area contributed by atoms with Crippen molar-refractivity contribution in [3.05, 3.63) is 29.6 Å². The summed E-state index contributed by atoms with van der Waals surface area (Å²) in [5.41, 5.74) is 8.53. The van der Waals surface area contributed by atoms with E-state index < -0.39 is 0 Å². The average molecular weight is 224 g/mol. The highest BCUT2D eigenvalue weighted by Crippen LogP contribution is 2.19. The first-order chi connectivity index (χ1) is 7.11. The lowest BCUT2D eigenvalue weighted by atomic mass is 10.1. The van der Waals surface area contributed by atoms with E-state index in [1.54, 1.807) is 0 Å². The van der Waals surface area contributed by atoms with Crippen molar-refractivity contribution in [3.63, 3.8) is 0 Å². The van der Waals surface area contributed by atoms with Gasteiger partial charge in [0.15, 0.2) is 0 Å². The van der Waals surface area contributed by atoms with Crippen LogP contribution in [0, 0.1) is 12.8 Å². The number of aryl methyl sites for hydroxylation is 1. The molecular formula is C12H20N2S. The summed E-state index contributed by atoms with van der Waals surface area (Å²) in [6, 6.07) is 2.13. The largest absolute Gasteiger partial charge is 0.323 e. The molecule has 0 aliphatic rings. The van der Waals surface area contributed by atoms with E-state index in [4.69, 9.17) is 5.73 Å². The Morgan fingerprint density at radius 1 is 1.40 bits per heavy atom. The molecule has 2 N–H and O–H groups in total. The van der Waals surface area contributed by atoms with Gasteiger partial charge in [-0.25, -0.2) is 0 Å². The SMILES string of the molecule is Cc1ccncc1C(N)CSCC(C)C. The van der Waals surface area contributed by atoms with Gasteiger partial charge in [0.2, 0.25) is 0 Å². The summed E-state index contributed by atoms with van der Waals surface area (Å²) in [5, 5.41) is 0. The van der Waals surface area contributed by atoms with Crippen LogP contribution in [0.4, 0.5) is 0 Å². The highest BCUT2D eigenvalue weighted by atomic mass is 32.2. The van der Waals surface area contributed by atoms with Crippen LogP contribution in [0.5, 0.6) is 0 Å². The van der Waals surface area contributed by atoms with E-state index >= 15 is 0 Å².